The summed E-state index contributed by atoms with van der Waals surface area (Å²) in [4.78, 5) is 17.4. The topological polar surface area (TPSA) is 70.9 Å². The molecule has 3 heterocycles. The maximum absolute atomic E-state index is 4.29. The second-order valence-electron chi connectivity index (χ2n) is 6.46. The minimum absolute atomic E-state index is 0.719. The molecular weight excluding hydrogens is 264 g/mol. The molecule has 1 aliphatic rings. The molecule has 0 spiro atoms. The number of aromatic nitrogens is 4. The summed E-state index contributed by atoms with van der Waals surface area (Å²) in [5.41, 5.74) is 1.61. The van der Waals surface area contributed by atoms with Crippen molar-refractivity contribution in [1.82, 2.24) is 19.9 Å². The summed E-state index contributed by atoms with van der Waals surface area (Å²) in [5.74, 6) is 2.58. The third-order valence-electron chi connectivity index (χ3n) is 4.30. The molecule has 0 aromatic carbocycles. The fourth-order valence-electron chi connectivity index (χ4n) is 3.57. The van der Waals surface area contributed by atoms with Gasteiger partial charge in [0.05, 0.1) is 26.0 Å². The van der Waals surface area contributed by atoms with Crippen LogP contribution in [0.2, 0.25) is 0 Å². The van der Waals surface area contributed by atoms with Crippen molar-refractivity contribution in [3.63, 3.8) is 0 Å². The summed E-state index contributed by atoms with van der Waals surface area (Å²) < 4.78 is 0. The lowest BCUT2D eigenvalue weighted by molar-refractivity contribution is -0.912. The Morgan fingerprint density at radius 1 is 1.24 bits per heavy atom. The average Bonchev–Trinajstić information content (AvgIpc) is 2.91. The van der Waals surface area contributed by atoms with Gasteiger partial charge in [-0.3, -0.25) is 0 Å². The van der Waals surface area contributed by atoms with Gasteiger partial charge in [-0.15, -0.1) is 0 Å². The molecule has 0 aliphatic carbocycles. The minimum atomic E-state index is 0.719. The maximum atomic E-state index is 4.29. The Labute approximate surface area is 125 Å². The van der Waals surface area contributed by atoms with E-state index in [1.807, 2.05) is 0 Å². The maximum Gasteiger partial charge on any atom is 0.182 e. The molecule has 0 unspecified atom stereocenters. The van der Waals surface area contributed by atoms with Gasteiger partial charge < -0.3 is 15.2 Å². The summed E-state index contributed by atoms with van der Waals surface area (Å²) in [5, 5.41) is 3.40. The number of nitrogens with one attached hydrogen (secondary N) is 3. The molecule has 3 rings (SSSR count). The number of hydrogen-bond acceptors (Lipinski definition) is 4. The molecule has 6 heteroatoms. The Morgan fingerprint density at radius 2 is 2.05 bits per heavy atom. The lowest BCUT2D eigenvalue weighted by Crippen LogP contribution is -3.14. The molecule has 114 valence electrons. The van der Waals surface area contributed by atoms with Crippen molar-refractivity contribution in [2.24, 2.45) is 11.8 Å². The van der Waals surface area contributed by atoms with Crippen LogP contribution in [-0.4, -0.2) is 46.1 Å². The van der Waals surface area contributed by atoms with E-state index in [0.717, 1.165) is 41.8 Å². The molecule has 0 bridgehead atoms. The van der Waals surface area contributed by atoms with Gasteiger partial charge in [0.25, 0.3) is 0 Å². The van der Waals surface area contributed by atoms with E-state index in [4.69, 9.17) is 0 Å². The van der Waals surface area contributed by atoms with Crippen LogP contribution in [0.25, 0.3) is 11.2 Å². The molecule has 3 N–H and O–H groups in total. The zero-order valence-electron chi connectivity index (χ0n) is 12.9. The summed E-state index contributed by atoms with van der Waals surface area (Å²) in [7, 11) is 0. The summed E-state index contributed by atoms with van der Waals surface area (Å²) in [6, 6.07) is 0. The smallest absolute Gasteiger partial charge is 0.182 e. The molecule has 1 fully saturated rings. The van der Waals surface area contributed by atoms with Crippen LogP contribution in [0.1, 0.15) is 26.7 Å². The zero-order chi connectivity index (χ0) is 14.7. The zero-order valence-corrected chi connectivity index (χ0v) is 12.9. The van der Waals surface area contributed by atoms with E-state index in [-0.39, 0.29) is 0 Å². The summed E-state index contributed by atoms with van der Waals surface area (Å²) in [6.45, 7) is 9.58. The van der Waals surface area contributed by atoms with Crippen LogP contribution in [0.5, 0.6) is 0 Å². The fraction of sp³-hybridized carbons (Fsp3) is 0.667. The number of imidazole rings is 1. The third kappa shape index (κ3) is 3.50. The fourth-order valence-corrected chi connectivity index (χ4v) is 3.57. The number of rotatable bonds is 5. The lowest BCUT2D eigenvalue weighted by Gasteiger charge is -2.32. The number of H-pyrrole nitrogens is 1. The monoisotopic (exact) mass is 289 g/mol. The largest absolute Gasteiger partial charge is 0.368 e. The van der Waals surface area contributed by atoms with Gasteiger partial charge in [-0.1, -0.05) is 13.8 Å². The normalized spacial score (nSPS) is 26.1. The predicted octanol–water partition coefficient (Wildman–Crippen LogP) is 0.716. The van der Waals surface area contributed by atoms with Crippen molar-refractivity contribution in [3.05, 3.63) is 12.7 Å². The third-order valence-corrected chi connectivity index (χ3v) is 4.30. The second kappa shape index (κ2) is 6.39. The standard InChI is InChI=1S/C15H24N6/c1-11-6-12(2)8-21(7-11)5-3-4-16-14-13-15(18-9-17-13)20-10-19-14/h9-12H,3-8H2,1-2H3,(H2,16,17,18,19,20)/p+1/t11-,12-/m1/s1. The number of hydrogen-bond donors (Lipinski definition) is 3. The van der Waals surface area contributed by atoms with E-state index in [9.17, 15) is 0 Å². The number of piperidine rings is 1. The molecule has 2 aromatic rings. The van der Waals surface area contributed by atoms with E-state index < -0.39 is 0 Å². The molecule has 2 atom stereocenters. The first-order chi connectivity index (χ1) is 10.2. The Morgan fingerprint density at radius 3 is 2.86 bits per heavy atom. The highest BCUT2D eigenvalue weighted by molar-refractivity contribution is 5.81. The van der Waals surface area contributed by atoms with Crippen LogP contribution < -0.4 is 10.2 Å². The molecule has 6 nitrogen and oxygen atoms in total. The Bertz CT molecular complexity index is 570. The summed E-state index contributed by atoms with van der Waals surface area (Å²) >= 11 is 0. The van der Waals surface area contributed by atoms with Crippen LogP contribution >= 0.6 is 0 Å². The number of aromatic amines is 1. The lowest BCUT2D eigenvalue weighted by atomic mass is 9.92. The Balaban J connectivity index is 1.47. The summed E-state index contributed by atoms with van der Waals surface area (Å²) in [6.07, 6.45) is 5.77. The van der Waals surface area contributed by atoms with Crippen molar-refractivity contribution < 1.29 is 4.90 Å². The van der Waals surface area contributed by atoms with Crippen LogP contribution in [0, 0.1) is 11.8 Å². The highest BCUT2D eigenvalue weighted by Gasteiger charge is 2.24. The van der Waals surface area contributed by atoms with Gasteiger partial charge in [0, 0.05) is 24.8 Å². The number of quaternary nitrogens is 1. The number of anilines is 1. The van der Waals surface area contributed by atoms with Crippen LogP contribution in [0.4, 0.5) is 5.82 Å². The van der Waals surface area contributed by atoms with Crippen molar-refractivity contribution in [2.75, 3.05) is 31.5 Å². The van der Waals surface area contributed by atoms with Crippen LogP contribution in [-0.2, 0) is 0 Å². The van der Waals surface area contributed by atoms with Gasteiger partial charge in [0.15, 0.2) is 11.5 Å². The first-order valence-corrected chi connectivity index (χ1v) is 7.94. The molecule has 1 aliphatic heterocycles. The molecule has 1 saturated heterocycles. The van der Waals surface area contributed by atoms with E-state index in [1.165, 1.54) is 26.1 Å². The van der Waals surface area contributed by atoms with E-state index in [2.05, 4.69) is 39.1 Å². The number of nitrogens with zero attached hydrogens (tertiary/aromatic N) is 3. The molecular formula is C15H25N6+. The van der Waals surface area contributed by atoms with Crippen LogP contribution in [0.15, 0.2) is 12.7 Å². The molecule has 0 saturated carbocycles. The SMILES string of the molecule is C[C@@H]1C[C@@H](C)C[NH+](CCCNc2ncnc3nc[nH]c23)C1. The molecule has 0 amide bonds. The van der Waals surface area contributed by atoms with Crippen molar-refractivity contribution in [3.8, 4) is 0 Å². The van der Waals surface area contributed by atoms with Crippen molar-refractivity contribution >= 4 is 17.0 Å². The van der Waals surface area contributed by atoms with Crippen molar-refractivity contribution in [2.45, 2.75) is 26.7 Å². The predicted molar refractivity (Wildman–Crippen MR) is 83.3 cm³/mol. The van der Waals surface area contributed by atoms with Gasteiger partial charge in [-0.2, -0.15) is 0 Å². The van der Waals surface area contributed by atoms with E-state index in [1.54, 1.807) is 17.6 Å². The van der Waals surface area contributed by atoms with E-state index in [0.29, 0.717) is 0 Å². The Kier molecular flexibility index (Phi) is 4.34. The quantitative estimate of drug-likeness (QED) is 0.709. The Hall–Kier alpha value is -1.69. The minimum Gasteiger partial charge on any atom is -0.368 e. The van der Waals surface area contributed by atoms with Gasteiger partial charge in [-0.25, -0.2) is 15.0 Å². The molecule has 0 radical (unpaired) electrons. The highest BCUT2D eigenvalue weighted by Crippen LogP contribution is 2.14. The highest BCUT2D eigenvalue weighted by atomic mass is 15.1. The van der Waals surface area contributed by atoms with Crippen molar-refractivity contribution in [1.29, 1.82) is 0 Å². The van der Waals surface area contributed by atoms with Gasteiger partial charge in [0.1, 0.15) is 11.8 Å². The first kappa shape index (κ1) is 14.3. The molecule has 2 aromatic heterocycles. The average molecular weight is 289 g/mol. The van der Waals surface area contributed by atoms with Gasteiger partial charge >= 0.3 is 0 Å². The second-order valence-corrected chi connectivity index (χ2v) is 6.46. The van der Waals surface area contributed by atoms with Gasteiger partial charge in [0.2, 0.25) is 0 Å². The van der Waals surface area contributed by atoms with Crippen LogP contribution in [0.3, 0.4) is 0 Å². The first-order valence-electron chi connectivity index (χ1n) is 7.94. The number of fused-ring (bicyclic) bond motifs is 1. The number of likely N-dealkylation sites (tertiary alicyclic amines) is 1. The van der Waals surface area contributed by atoms with Gasteiger partial charge in [-0.05, 0) is 6.42 Å². The molecule has 21 heavy (non-hydrogen) atoms. The van der Waals surface area contributed by atoms with E-state index >= 15 is 0 Å².